The lowest BCUT2D eigenvalue weighted by molar-refractivity contribution is -0.136. The van der Waals surface area contributed by atoms with Gasteiger partial charge in [0.15, 0.2) is 0 Å². The Morgan fingerprint density at radius 1 is 0.955 bits per heavy atom. The first-order chi connectivity index (χ1) is 10.6. The minimum Gasteiger partial charge on any atom is -0.347 e. The van der Waals surface area contributed by atoms with Gasteiger partial charge in [-0.2, -0.15) is 0 Å². The second-order valence-electron chi connectivity index (χ2n) is 4.57. The molecule has 2 amide bonds. The predicted molar refractivity (Wildman–Crippen MR) is 88.2 cm³/mol. The van der Waals surface area contributed by atoms with Gasteiger partial charge < -0.3 is 10.6 Å². The van der Waals surface area contributed by atoms with E-state index < -0.39 is 11.8 Å². The van der Waals surface area contributed by atoms with E-state index in [0.717, 1.165) is 5.56 Å². The third-order valence-corrected chi connectivity index (χ3v) is 3.48. The topological polar surface area (TPSA) is 58.2 Å². The van der Waals surface area contributed by atoms with Crippen molar-refractivity contribution in [3.8, 4) is 0 Å². The van der Waals surface area contributed by atoms with Crippen LogP contribution in [0.5, 0.6) is 0 Å². The summed E-state index contributed by atoms with van der Waals surface area (Å²) in [5, 5.41) is 5.74. The Morgan fingerprint density at radius 3 is 2.36 bits per heavy atom. The van der Waals surface area contributed by atoms with E-state index in [4.69, 9.17) is 23.2 Å². The van der Waals surface area contributed by atoms with Crippen LogP contribution in [0, 0.1) is 0 Å². The van der Waals surface area contributed by atoms with E-state index in [-0.39, 0.29) is 5.02 Å². The average Bonchev–Trinajstić information content (AvgIpc) is 2.51. The number of carbonyl (C=O) groups is 2. The first-order valence-electron chi connectivity index (χ1n) is 6.64. The van der Waals surface area contributed by atoms with Crippen molar-refractivity contribution in [1.82, 2.24) is 5.32 Å². The van der Waals surface area contributed by atoms with Gasteiger partial charge in [0.2, 0.25) is 0 Å². The Hall–Kier alpha value is -2.04. The van der Waals surface area contributed by atoms with Gasteiger partial charge >= 0.3 is 11.8 Å². The summed E-state index contributed by atoms with van der Waals surface area (Å²) in [4.78, 5) is 23.5. The maximum absolute atomic E-state index is 11.8. The highest BCUT2D eigenvalue weighted by atomic mass is 35.5. The largest absolute Gasteiger partial charge is 0.347 e. The zero-order valence-electron chi connectivity index (χ0n) is 11.6. The number of carbonyl (C=O) groups excluding carboxylic acids is 2. The summed E-state index contributed by atoms with van der Waals surface area (Å²) >= 11 is 11.7. The highest BCUT2D eigenvalue weighted by molar-refractivity contribution is 6.42. The fourth-order valence-electron chi connectivity index (χ4n) is 1.82. The molecule has 0 fully saturated rings. The maximum Gasteiger partial charge on any atom is 0.313 e. The van der Waals surface area contributed by atoms with E-state index in [0.29, 0.717) is 23.7 Å². The van der Waals surface area contributed by atoms with Gasteiger partial charge in [-0.25, -0.2) is 0 Å². The minimum absolute atomic E-state index is 0.276. The molecule has 0 saturated heterocycles. The summed E-state index contributed by atoms with van der Waals surface area (Å²) < 4.78 is 0. The first kappa shape index (κ1) is 16.3. The summed E-state index contributed by atoms with van der Waals surface area (Å²) in [6.45, 7) is 0.380. The fraction of sp³-hybridized carbons (Fsp3) is 0.125. The van der Waals surface area contributed by atoms with Gasteiger partial charge in [-0.15, -0.1) is 0 Å². The Bertz CT molecular complexity index is 675. The van der Waals surface area contributed by atoms with Crippen LogP contribution in [0.3, 0.4) is 0 Å². The number of halogens is 2. The van der Waals surface area contributed by atoms with Gasteiger partial charge in [0.1, 0.15) is 0 Å². The van der Waals surface area contributed by atoms with E-state index in [1.807, 2.05) is 30.3 Å². The summed E-state index contributed by atoms with van der Waals surface area (Å²) in [6, 6.07) is 14.3. The molecule has 0 heterocycles. The van der Waals surface area contributed by atoms with Gasteiger partial charge in [-0.3, -0.25) is 9.59 Å². The summed E-state index contributed by atoms with van der Waals surface area (Å²) in [6.07, 6.45) is 0.654. The van der Waals surface area contributed by atoms with E-state index in [1.165, 1.54) is 6.07 Å². The van der Waals surface area contributed by atoms with Crippen LogP contribution < -0.4 is 10.6 Å². The molecule has 0 atom stereocenters. The Morgan fingerprint density at radius 2 is 1.68 bits per heavy atom. The molecule has 0 saturated carbocycles. The highest BCUT2D eigenvalue weighted by Crippen LogP contribution is 2.25. The molecule has 0 aliphatic rings. The minimum atomic E-state index is -0.766. The molecular weight excluding hydrogens is 323 g/mol. The van der Waals surface area contributed by atoms with Crippen LogP contribution in [-0.2, 0) is 16.0 Å². The van der Waals surface area contributed by atoms with E-state index in [9.17, 15) is 9.59 Å². The molecule has 4 nitrogen and oxygen atoms in total. The van der Waals surface area contributed by atoms with Crippen LogP contribution >= 0.6 is 23.2 Å². The Kier molecular flexibility index (Phi) is 5.81. The maximum atomic E-state index is 11.8. The normalized spacial score (nSPS) is 10.1. The monoisotopic (exact) mass is 336 g/mol. The number of nitrogens with one attached hydrogen (secondary N) is 2. The molecule has 0 unspecified atom stereocenters. The van der Waals surface area contributed by atoms with E-state index in [2.05, 4.69) is 10.6 Å². The molecule has 0 bridgehead atoms. The second-order valence-corrected chi connectivity index (χ2v) is 5.41. The molecule has 0 radical (unpaired) electrons. The number of amides is 2. The molecule has 114 valence electrons. The molecule has 2 rings (SSSR count). The summed E-state index contributed by atoms with van der Waals surface area (Å²) in [5.41, 5.74) is 1.43. The zero-order valence-corrected chi connectivity index (χ0v) is 13.1. The molecule has 0 aromatic heterocycles. The molecule has 6 heteroatoms. The van der Waals surface area contributed by atoms with Gasteiger partial charge in [-0.1, -0.05) is 53.5 Å². The van der Waals surface area contributed by atoms with Crippen molar-refractivity contribution in [2.24, 2.45) is 0 Å². The molecular formula is C16H14Cl2N2O2. The fourth-order valence-corrected chi connectivity index (χ4v) is 2.27. The van der Waals surface area contributed by atoms with Crippen LogP contribution in [0.2, 0.25) is 10.0 Å². The third-order valence-electron chi connectivity index (χ3n) is 2.93. The van der Waals surface area contributed by atoms with Crippen molar-refractivity contribution >= 4 is 40.7 Å². The molecule has 0 aliphatic carbocycles. The third kappa shape index (κ3) is 4.76. The number of hydrogen-bond acceptors (Lipinski definition) is 2. The first-order valence-corrected chi connectivity index (χ1v) is 7.40. The van der Waals surface area contributed by atoms with Crippen molar-refractivity contribution in [2.45, 2.75) is 6.42 Å². The smallest absolute Gasteiger partial charge is 0.313 e. The van der Waals surface area contributed by atoms with Gasteiger partial charge in [0.25, 0.3) is 0 Å². The van der Waals surface area contributed by atoms with Crippen molar-refractivity contribution in [3.05, 3.63) is 64.1 Å². The van der Waals surface area contributed by atoms with Crippen LogP contribution in [0.15, 0.2) is 48.5 Å². The van der Waals surface area contributed by atoms with Crippen molar-refractivity contribution < 1.29 is 9.59 Å². The van der Waals surface area contributed by atoms with Gasteiger partial charge in [0, 0.05) is 11.6 Å². The molecule has 0 aliphatic heterocycles. The molecule has 0 spiro atoms. The van der Waals surface area contributed by atoms with Crippen molar-refractivity contribution in [2.75, 3.05) is 11.9 Å². The lowest BCUT2D eigenvalue weighted by atomic mass is 10.1. The Balaban J connectivity index is 1.83. The zero-order chi connectivity index (χ0) is 15.9. The van der Waals surface area contributed by atoms with Gasteiger partial charge in [0.05, 0.1) is 10.7 Å². The second kappa shape index (κ2) is 7.82. The highest BCUT2D eigenvalue weighted by Gasteiger charge is 2.14. The summed E-state index contributed by atoms with van der Waals surface area (Å²) in [7, 11) is 0. The lowest BCUT2D eigenvalue weighted by Gasteiger charge is -2.08. The predicted octanol–water partition coefficient (Wildman–Crippen LogP) is 3.29. The van der Waals surface area contributed by atoms with Crippen LogP contribution in [0.1, 0.15) is 5.56 Å². The number of anilines is 1. The van der Waals surface area contributed by atoms with Crippen LogP contribution in [0.4, 0.5) is 5.69 Å². The summed E-state index contributed by atoms with van der Waals surface area (Å²) in [5.74, 6) is -1.47. The van der Waals surface area contributed by atoms with Crippen molar-refractivity contribution in [3.63, 3.8) is 0 Å². The number of hydrogen-bond donors (Lipinski definition) is 2. The van der Waals surface area contributed by atoms with Crippen LogP contribution in [-0.4, -0.2) is 18.4 Å². The van der Waals surface area contributed by atoms with Crippen LogP contribution in [0.25, 0.3) is 0 Å². The number of rotatable bonds is 4. The molecule has 22 heavy (non-hydrogen) atoms. The lowest BCUT2D eigenvalue weighted by Crippen LogP contribution is -2.36. The molecule has 2 N–H and O–H groups in total. The van der Waals surface area contributed by atoms with E-state index >= 15 is 0 Å². The molecule has 2 aromatic carbocycles. The molecule has 2 aromatic rings. The standard InChI is InChI=1S/C16H14Cl2N2O2/c17-12-6-7-14(13(18)10-12)20-16(22)15(21)19-9-8-11-4-2-1-3-5-11/h1-7,10H,8-9H2,(H,19,21)(H,20,22). The Labute approximate surface area is 138 Å². The quantitative estimate of drug-likeness (QED) is 0.841. The SMILES string of the molecule is O=C(NCCc1ccccc1)C(=O)Nc1ccc(Cl)cc1Cl. The van der Waals surface area contributed by atoms with Crippen molar-refractivity contribution in [1.29, 1.82) is 0 Å². The van der Waals surface area contributed by atoms with Gasteiger partial charge in [-0.05, 0) is 30.2 Å². The number of benzene rings is 2. The van der Waals surface area contributed by atoms with E-state index in [1.54, 1.807) is 12.1 Å². The average molecular weight is 337 g/mol.